The van der Waals surface area contributed by atoms with Crippen molar-refractivity contribution < 1.29 is 4.79 Å². The van der Waals surface area contributed by atoms with Gasteiger partial charge in [0.05, 0.1) is 0 Å². The summed E-state index contributed by atoms with van der Waals surface area (Å²) in [6.45, 7) is 0.920. The summed E-state index contributed by atoms with van der Waals surface area (Å²) in [5, 5.41) is 2.84. The Labute approximate surface area is 103 Å². The Kier molecular flexibility index (Phi) is 5.25. The fourth-order valence-corrected chi connectivity index (χ4v) is 1.43. The topological polar surface area (TPSA) is 32.3 Å². The Morgan fingerprint density at radius 3 is 2.53 bits per heavy atom. The predicted molar refractivity (Wildman–Crippen MR) is 70.8 cm³/mol. The van der Waals surface area contributed by atoms with Crippen molar-refractivity contribution in [3.8, 4) is 12.3 Å². The van der Waals surface area contributed by atoms with E-state index < -0.39 is 0 Å². The van der Waals surface area contributed by atoms with Crippen LogP contribution < -0.4 is 5.32 Å². The third-order valence-electron chi connectivity index (χ3n) is 2.34. The van der Waals surface area contributed by atoms with Crippen LogP contribution in [0.4, 0.5) is 5.69 Å². The largest absolute Gasteiger partial charge is 0.326 e. The van der Waals surface area contributed by atoms with E-state index in [0.29, 0.717) is 6.42 Å². The lowest BCUT2D eigenvalue weighted by Crippen LogP contribution is -2.17. The van der Waals surface area contributed by atoms with Gasteiger partial charge in [0.15, 0.2) is 0 Å². The molecule has 0 spiro atoms. The number of rotatable bonds is 5. The van der Waals surface area contributed by atoms with Crippen LogP contribution in [0.5, 0.6) is 0 Å². The van der Waals surface area contributed by atoms with Crippen molar-refractivity contribution in [2.45, 2.75) is 12.8 Å². The minimum Gasteiger partial charge on any atom is -0.326 e. The number of nitrogens with zero attached hydrogens (tertiary/aromatic N) is 1. The molecule has 0 aliphatic carbocycles. The van der Waals surface area contributed by atoms with Crippen LogP contribution in [-0.4, -0.2) is 31.4 Å². The predicted octanol–water partition coefficient (Wildman–Crippen LogP) is 1.95. The van der Waals surface area contributed by atoms with Gasteiger partial charge in [-0.1, -0.05) is 5.92 Å². The summed E-state index contributed by atoms with van der Waals surface area (Å²) in [4.78, 5) is 13.6. The average molecular weight is 230 g/mol. The van der Waals surface area contributed by atoms with Crippen molar-refractivity contribution in [2.75, 3.05) is 26.0 Å². The van der Waals surface area contributed by atoms with E-state index in [9.17, 15) is 4.79 Å². The van der Waals surface area contributed by atoms with Crippen LogP contribution in [-0.2, 0) is 4.79 Å². The van der Waals surface area contributed by atoms with Crippen LogP contribution in [0.15, 0.2) is 24.3 Å². The number of terminal acetylenes is 1. The van der Waals surface area contributed by atoms with E-state index in [1.54, 1.807) is 0 Å². The zero-order valence-electron chi connectivity index (χ0n) is 10.4. The van der Waals surface area contributed by atoms with Gasteiger partial charge < -0.3 is 10.2 Å². The van der Waals surface area contributed by atoms with Gasteiger partial charge in [-0.3, -0.25) is 4.79 Å². The minimum atomic E-state index is 0.0420. The molecule has 0 heterocycles. The van der Waals surface area contributed by atoms with Crippen molar-refractivity contribution in [2.24, 2.45) is 0 Å². The summed E-state index contributed by atoms with van der Waals surface area (Å²) in [7, 11) is 3.99. The number of anilines is 1. The molecule has 0 radical (unpaired) electrons. The molecule has 0 aliphatic heterocycles. The molecule has 3 heteroatoms. The fourth-order valence-electron chi connectivity index (χ4n) is 1.43. The molecule has 17 heavy (non-hydrogen) atoms. The van der Waals surface area contributed by atoms with Crippen LogP contribution in [0.2, 0.25) is 0 Å². The SMILES string of the molecule is C#Cc1ccc(NC(=O)CCCN(C)C)cc1. The number of hydrogen-bond donors (Lipinski definition) is 1. The molecular weight excluding hydrogens is 212 g/mol. The highest BCUT2D eigenvalue weighted by atomic mass is 16.1. The second kappa shape index (κ2) is 6.72. The average Bonchev–Trinajstić information content (AvgIpc) is 2.29. The first-order valence-electron chi connectivity index (χ1n) is 5.63. The number of benzene rings is 1. The molecule has 1 aromatic rings. The minimum absolute atomic E-state index is 0.0420. The van der Waals surface area contributed by atoms with Crippen molar-refractivity contribution in [1.29, 1.82) is 0 Å². The molecule has 1 aromatic carbocycles. The van der Waals surface area contributed by atoms with Crippen molar-refractivity contribution in [1.82, 2.24) is 4.90 Å². The van der Waals surface area contributed by atoms with Gasteiger partial charge in [0.2, 0.25) is 5.91 Å². The molecule has 1 amide bonds. The van der Waals surface area contributed by atoms with Gasteiger partial charge >= 0.3 is 0 Å². The van der Waals surface area contributed by atoms with Crippen molar-refractivity contribution in [3.63, 3.8) is 0 Å². The number of hydrogen-bond acceptors (Lipinski definition) is 2. The maximum absolute atomic E-state index is 11.6. The van der Waals surface area contributed by atoms with Gasteiger partial charge in [0.1, 0.15) is 0 Å². The molecule has 90 valence electrons. The third kappa shape index (κ3) is 5.19. The molecule has 0 bridgehead atoms. The zero-order chi connectivity index (χ0) is 12.7. The second-order valence-electron chi connectivity index (χ2n) is 4.18. The lowest BCUT2D eigenvalue weighted by Gasteiger charge is -2.09. The molecule has 0 saturated carbocycles. The van der Waals surface area contributed by atoms with Crippen molar-refractivity contribution in [3.05, 3.63) is 29.8 Å². The number of amides is 1. The lowest BCUT2D eigenvalue weighted by atomic mass is 10.2. The van der Waals surface area contributed by atoms with E-state index in [4.69, 9.17) is 6.42 Å². The van der Waals surface area contributed by atoms with Gasteiger partial charge in [0.25, 0.3) is 0 Å². The Morgan fingerprint density at radius 2 is 2.00 bits per heavy atom. The first-order valence-corrected chi connectivity index (χ1v) is 5.63. The molecule has 0 unspecified atom stereocenters. The van der Waals surface area contributed by atoms with Crippen LogP contribution >= 0.6 is 0 Å². The quantitative estimate of drug-likeness (QED) is 0.784. The van der Waals surface area contributed by atoms with E-state index in [2.05, 4.69) is 16.1 Å². The lowest BCUT2D eigenvalue weighted by molar-refractivity contribution is -0.116. The van der Waals surface area contributed by atoms with E-state index >= 15 is 0 Å². The molecule has 1 rings (SSSR count). The van der Waals surface area contributed by atoms with Crippen LogP contribution in [0, 0.1) is 12.3 Å². The Balaban J connectivity index is 2.37. The van der Waals surface area contributed by atoms with Gasteiger partial charge in [-0.2, -0.15) is 0 Å². The smallest absolute Gasteiger partial charge is 0.224 e. The highest BCUT2D eigenvalue weighted by Crippen LogP contribution is 2.09. The summed E-state index contributed by atoms with van der Waals surface area (Å²) in [6, 6.07) is 7.27. The first-order chi connectivity index (χ1) is 8.11. The highest BCUT2D eigenvalue weighted by Gasteiger charge is 2.02. The molecule has 0 fully saturated rings. The molecule has 0 saturated heterocycles. The Morgan fingerprint density at radius 1 is 1.35 bits per heavy atom. The molecular formula is C14H18N2O. The summed E-state index contributed by atoms with van der Waals surface area (Å²) in [5.74, 6) is 2.58. The monoisotopic (exact) mass is 230 g/mol. The standard InChI is InChI=1S/C14H18N2O/c1-4-12-7-9-13(10-8-12)15-14(17)6-5-11-16(2)3/h1,7-10H,5-6,11H2,2-3H3,(H,15,17). The maximum Gasteiger partial charge on any atom is 0.224 e. The normalized spacial score (nSPS) is 10.0. The second-order valence-corrected chi connectivity index (χ2v) is 4.18. The maximum atomic E-state index is 11.6. The summed E-state index contributed by atoms with van der Waals surface area (Å²) >= 11 is 0. The van der Waals surface area contributed by atoms with Crippen LogP contribution in [0.3, 0.4) is 0 Å². The zero-order valence-corrected chi connectivity index (χ0v) is 10.4. The van der Waals surface area contributed by atoms with Gasteiger partial charge in [-0.05, 0) is 51.3 Å². The highest BCUT2D eigenvalue weighted by molar-refractivity contribution is 5.90. The summed E-state index contributed by atoms with van der Waals surface area (Å²) in [6.07, 6.45) is 6.65. The van der Waals surface area contributed by atoms with Gasteiger partial charge in [-0.25, -0.2) is 0 Å². The van der Waals surface area contributed by atoms with Crippen LogP contribution in [0.25, 0.3) is 0 Å². The van der Waals surface area contributed by atoms with Gasteiger partial charge in [-0.15, -0.1) is 6.42 Å². The molecule has 0 aromatic heterocycles. The van der Waals surface area contributed by atoms with Crippen LogP contribution in [0.1, 0.15) is 18.4 Å². The fraction of sp³-hybridized carbons (Fsp3) is 0.357. The first kappa shape index (κ1) is 13.3. The Hall–Kier alpha value is -1.79. The number of carbonyl (C=O) groups excluding carboxylic acids is 1. The van der Waals surface area contributed by atoms with Crippen molar-refractivity contribution >= 4 is 11.6 Å². The number of nitrogens with one attached hydrogen (secondary N) is 1. The molecule has 0 aliphatic rings. The van der Waals surface area contributed by atoms with E-state index in [1.807, 2.05) is 38.4 Å². The van der Waals surface area contributed by atoms with E-state index in [0.717, 1.165) is 24.2 Å². The molecule has 0 atom stereocenters. The summed E-state index contributed by atoms with van der Waals surface area (Å²) < 4.78 is 0. The van der Waals surface area contributed by atoms with E-state index in [1.165, 1.54) is 0 Å². The summed E-state index contributed by atoms with van der Waals surface area (Å²) in [5.41, 5.74) is 1.61. The molecule has 3 nitrogen and oxygen atoms in total. The Bertz CT molecular complexity index is 401. The van der Waals surface area contributed by atoms with E-state index in [-0.39, 0.29) is 5.91 Å². The number of carbonyl (C=O) groups is 1. The molecule has 1 N–H and O–H groups in total. The van der Waals surface area contributed by atoms with Gasteiger partial charge in [0, 0.05) is 17.7 Å². The third-order valence-corrected chi connectivity index (χ3v) is 2.34.